The van der Waals surface area contributed by atoms with Gasteiger partial charge in [-0.15, -0.1) is 0 Å². The first-order valence-electron chi connectivity index (χ1n) is 10.5. The Bertz CT molecular complexity index is 1270. The standard InChI is InChI=1S/C23H24ClN5O3S/c1-13-12-29(18-11-15(24)6-7-17(13)18)23(32)14-4-2-5-16(10-14)27-22-19(21(31)28-33-22)20(25)26-8-3-9-30/h2,4-7,10-11,13,27,30H,3,8-9,12H2,1H3,(H2,25,26)(H,28,31). The highest BCUT2D eigenvalue weighted by Crippen LogP contribution is 2.38. The van der Waals surface area contributed by atoms with Crippen molar-refractivity contribution in [1.29, 1.82) is 0 Å². The first-order valence-corrected chi connectivity index (χ1v) is 11.7. The van der Waals surface area contributed by atoms with Crippen molar-refractivity contribution in [3.05, 3.63) is 74.5 Å². The lowest BCUT2D eigenvalue weighted by Gasteiger charge is -2.18. The summed E-state index contributed by atoms with van der Waals surface area (Å²) in [5.41, 5.74) is 8.98. The number of amides is 1. The summed E-state index contributed by atoms with van der Waals surface area (Å²) in [7, 11) is 0. The number of nitrogens with one attached hydrogen (secondary N) is 2. The third kappa shape index (κ3) is 4.80. The lowest BCUT2D eigenvalue weighted by Crippen LogP contribution is -2.29. The van der Waals surface area contributed by atoms with Crippen molar-refractivity contribution < 1.29 is 9.90 Å². The number of anilines is 3. The Morgan fingerprint density at radius 2 is 2.18 bits per heavy atom. The van der Waals surface area contributed by atoms with Crippen molar-refractivity contribution in [2.75, 3.05) is 29.9 Å². The smallest absolute Gasteiger partial charge is 0.271 e. The lowest BCUT2D eigenvalue weighted by molar-refractivity contribution is 0.0988. The van der Waals surface area contributed by atoms with Gasteiger partial charge in [-0.1, -0.05) is 30.7 Å². The Balaban J connectivity index is 1.58. The quantitative estimate of drug-likeness (QED) is 0.231. The van der Waals surface area contributed by atoms with Crippen LogP contribution in [0.2, 0.25) is 5.02 Å². The van der Waals surface area contributed by atoms with Gasteiger partial charge in [0.05, 0.1) is 0 Å². The summed E-state index contributed by atoms with van der Waals surface area (Å²) >= 11 is 7.28. The molecule has 33 heavy (non-hydrogen) atoms. The average molecular weight is 486 g/mol. The van der Waals surface area contributed by atoms with Crippen LogP contribution in [-0.2, 0) is 0 Å². The molecule has 1 atom stereocenters. The number of rotatable bonds is 7. The number of halogens is 1. The molecule has 0 radical (unpaired) electrons. The molecular weight excluding hydrogens is 462 g/mol. The molecule has 1 aromatic heterocycles. The van der Waals surface area contributed by atoms with E-state index < -0.39 is 0 Å². The van der Waals surface area contributed by atoms with Crippen LogP contribution in [0.4, 0.5) is 16.4 Å². The number of benzene rings is 2. The predicted octanol–water partition coefficient (Wildman–Crippen LogP) is 3.69. The number of amidine groups is 1. The minimum Gasteiger partial charge on any atom is -0.396 e. The van der Waals surface area contributed by atoms with E-state index in [4.69, 9.17) is 22.4 Å². The molecule has 0 spiro atoms. The summed E-state index contributed by atoms with van der Waals surface area (Å²) in [5.74, 6) is 0.189. The molecule has 1 unspecified atom stereocenters. The number of hydrogen-bond acceptors (Lipinski definition) is 6. The summed E-state index contributed by atoms with van der Waals surface area (Å²) < 4.78 is 2.66. The Kier molecular flexibility index (Phi) is 6.83. The van der Waals surface area contributed by atoms with E-state index in [1.165, 1.54) is 0 Å². The zero-order valence-corrected chi connectivity index (χ0v) is 19.5. The molecule has 1 aliphatic rings. The zero-order valence-electron chi connectivity index (χ0n) is 18.0. The number of aromatic nitrogens is 1. The van der Waals surface area contributed by atoms with Gasteiger partial charge in [-0.2, -0.15) is 0 Å². The van der Waals surface area contributed by atoms with E-state index in [1.807, 2.05) is 18.2 Å². The maximum absolute atomic E-state index is 13.3. The van der Waals surface area contributed by atoms with E-state index in [2.05, 4.69) is 21.6 Å². The summed E-state index contributed by atoms with van der Waals surface area (Å²) in [6, 6.07) is 12.7. The minimum atomic E-state index is -0.348. The first-order chi connectivity index (χ1) is 15.9. The van der Waals surface area contributed by atoms with Crippen LogP contribution in [0.3, 0.4) is 0 Å². The SMILES string of the molecule is CC1CN(C(=O)c2cccc(Nc3s[nH]c(=O)c3C(N)=NCCCO)c2)c2cc(Cl)ccc21. The first kappa shape index (κ1) is 23.0. The van der Waals surface area contributed by atoms with Gasteiger partial charge in [0.1, 0.15) is 16.4 Å². The molecule has 3 aromatic rings. The van der Waals surface area contributed by atoms with Gasteiger partial charge < -0.3 is 21.1 Å². The summed E-state index contributed by atoms with van der Waals surface area (Å²) in [6.45, 7) is 2.98. The number of carbonyl (C=O) groups is 1. The van der Waals surface area contributed by atoms with Gasteiger partial charge in [0, 0.05) is 47.6 Å². The van der Waals surface area contributed by atoms with Gasteiger partial charge in [-0.3, -0.25) is 19.0 Å². The number of aromatic amines is 1. The van der Waals surface area contributed by atoms with Crippen LogP contribution in [0.15, 0.2) is 52.3 Å². The normalized spacial score (nSPS) is 15.5. The molecule has 0 saturated carbocycles. The van der Waals surface area contributed by atoms with Crippen LogP contribution < -0.4 is 21.5 Å². The number of hydrogen-bond donors (Lipinski definition) is 4. The Labute approximate surface area is 199 Å². The van der Waals surface area contributed by atoms with Gasteiger partial charge in [0.25, 0.3) is 11.5 Å². The van der Waals surface area contributed by atoms with Gasteiger partial charge in [0.2, 0.25) is 0 Å². The van der Waals surface area contributed by atoms with Crippen LogP contribution >= 0.6 is 23.1 Å². The fourth-order valence-corrected chi connectivity index (χ4v) is 4.75. The van der Waals surface area contributed by atoms with Crippen molar-refractivity contribution >= 4 is 51.3 Å². The number of aliphatic imine (C=N–C) groups is 1. The van der Waals surface area contributed by atoms with Crippen LogP contribution in [-0.4, -0.2) is 40.9 Å². The molecule has 172 valence electrons. The molecule has 0 bridgehead atoms. The summed E-state index contributed by atoms with van der Waals surface area (Å²) in [5, 5.41) is 13.2. The minimum absolute atomic E-state index is 0.00478. The highest BCUT2D eigenvalue weighted by molar-refractivity contribution is 7.10. The van der Waals surface area contributed by atoms with Crippen molar-refractivity contribution in [3.63, 3.8) is 0 Å². The molecule has 2 aromatic carbocycles. The van der Waals surface area contributed by atoms with E-state index in [1.54, 1.807) is 29.2 Å². The van der Waals surface area contributed by atoms with Crippen LogP contribution in [0.1, 0.15) is 40.7 Å². The predicted molar refractivity (Wildman–Crippen MR) is 134 cm³/mol. The van der Waals surface area contributed by atoms with Crippen LogP contribution in [0, 0.1) is 0 Å². The molecule has 0 saturated heterocycles. The topological polar surface area (TPSA) is 124 Å². The van der Waals surface area contributed by atoms with E-state index in [-0.39, 0.29) is 35.4 Å². The van der Waals surface area contributed by atoms with Gasteiger partial charge in [-0.25, -0.2) is 0 Å². The number of H-pyrrole nitrogens is 1. The summed E-state index contributed by atoms with van der Waals surface area (Å²) in [4.78, 5) is 31.5. The van der Waals surface area contributed by atoms with E-state index in [9.17, 15) is 9.59 Å². The number of fused-ring (bicyclic) bond motifs is 1. The Hall–Kier alpha value is -3.14. The monoisotopic (exact) mass is 485 g/mol. The number of aliphatic hydroxyl groups excluding tert-OH is 1. The molecule has 5 N–H and O–H groups in total. The molecule has 0 aliphatic carbocycles. The maximum Gasteiger partial charge on any atom is 0.271 e. The zero-order chi connectivity index (χ0) is 23.5. The number of nitrogens with two attached hydrogens (primary N) is 1. The molecule has 10 heteroatoms. The number of carbonyl (C=O) groups excluding carboxylic acids is 1. The van der Waals surface area contributed by atoms with Crippen molar-refractivity contribution in [2.45, 2.75) is 19.3 Å². The van der Waals surface area contributed by atoms with Crippen LogP contribution in [0.25, 0.3) is 0 Å². The fourth-order valence-electron chi connectivity index (χ4n) is 3.82. The van der Waals surface area contributed by atoms with E-state index in [0.29, 0.717) is 40.8 Å². The fraction of sp³-hybridized carbons (Fsp3) is 0.261. The Morgan fingerprint density at radius 1 is 1.36 bits per heavy atom. The van der Waals surface area contributed by atoms with Gasteiger partial charge >= 0.3 is 0 Å². The maximum atomic E-state index is 13.3. The third-order valence-electron chi connectivity index (χ3n) is 5.44. The van der Waals surface area contributed by atoms with E-state index >= 15 is 0 Å². The molecule has 1 aliphatic heterocycles. The molecule has 1 amide bonds. The second kappa shape index (κ2) is 9.78. The average Bonchev–Trinajstić information content (AvgIpc) is 3.32. The van der Waals surface area contributed by atoms with Crippen molar-refractivity contribution in [2.24, 2.45) is 10.7 Å². The molecule has 2 heterocycles. The second-order valence-corrected chi connectivity index (χ2v) is 9.06. The molecule has 8 nitrogen and oxygen atoms in total. The summed E-state index contributed by atoms with van der Waals surface area (Å²) in [6.07, 6.45) is 0.457. The molecular formula is C23H24ClN5O3S. The van der Waals surface area contributed by atoms with Crippen molar-refractivity contribution in [3.8, 4) is 0 Å². The number of nitrogens with zero attached hydrogens (tertiary/aromatic N) is 2. The van der Waals surface area contributed by atoms with Gasteiger partial charge in [-0.05, 0) is 53.8 Å². The van der Waals surface area contributed by atoms with Crippen molar-refractivity contribution in [1.82, 2.24) is 4.37 Å². The third-order valence-corrected chi connectivity index (χ3v) is 6.47. The number of aliphatic hydroxyl groups is 1. The Morgan fingerprint density at radius 3 is 2.97 bits per heavy atom. The van der Waals surface area contributed by atoms with E-state index in [0.717, 1.165) is 22.8 Å². The molecule has 0 fully saturated rings. The van der Waals surface area contributed by atoms with Crippen LogP contribution in [0.5, 0.6) is 0 Å². The highest BCUT2D eigenvalue weighted by atomic mass is 35.5. The van der Waals surface area contributed by atoms with Gasteiger partial charge in [0.15, 0.2) is 0 Å². The lowest BCUT2D eigenvalue weighted by atomic mass is 10.0. The molecule has 4 rings (SSSR count). The largest absolute Gasteiger partial charge is 0.396 e. The highest BCUT2D eigenvalue weighted by Gasteiger charge is 2.30. The second-order valence-electron chi connectivity index (χ2n) is 7.81.